The van der Waals surface area contributed by atoms with Crippen molar-refractivity contribution in [3.63, 3.8) is 0 Å². The van der Waals surface area contributed by atoms with Crippen LogP contribution >= 0.6 is 34.5 Å². The topological polar surface area (TPSA) is 88.7 Å². The van der Waals surface area contributed by atoms with Gasteiger partial charge in [-0.2, -0.15) is 0 Å². The Morgan fingerprint density at radius 2 is 2.03 bits per heavy atom. The lowest BCUT2D eigenvalue weighted by molar-refractivity contribution is 0.0122. The maximum atomic E-state index is 11.5. The van der Waals surface area contributed by atoms with Crippen molar-refractivity contribution in [3.05, 3.63) is 62.8 Å². The highest BCUT2D eigenvalue weighted by Gasteiger charge is 2.46. The zero-order valence-electron chi connectivity index (χ0n) is 20.6. The van der Waals surface area contributed by atoms with Crippen LogP contribution in [0.5, 0.6) is 0 Å². The molecule has 0 amide bonds. The molecule has 0 radical (unpaired) electrons. The lowest BCUT2D eigenvalue weighted by atomic mass is 10.0. The number of aromatic carboxylic acids is 1. The van der Waals surface area contributed by atoms with Crippen LogP contribution in [0.3, 0.4) is 0 Å². The summed E-state index contributed by atoms with van der Waals surface area (Å²) in [5.41, 5.74) is 4.41. The molecule has 3 heterocycles. The Balaban J connectivity index is 1.09. The molecule has 7 rings (SSSR count). The predicted octanol–water partition coefficient (Wildman–Crippen LogP) is 7.33. The van der Waals surface area contributed by atoms with Gasteiger partial charge in [-0.1, -0.05) is 45.8 Å². The van der Waals surface area contributed by atoms with Crippen molar-refractivity contribution in [2.75, 3.05) is 11.4 Å². The van der Waals surface area contributed by atoms with E-state index in [0.717, 1.165) is 64.5 Å². The first kappa shape index (κ1) is 24.4. The molecular weight excluding hydrogens is 545 g/mol. The van der Waals surface area contributed by atoms with Crippen LogP contribution in [0.4, 0.5) is 5.13 Å². The summed E-state index contributed by atoms with van der Waals surface area (Å²) in [5.74, 6) is 0.768. The highest BCUT2D eigenvalue weighted by Crippen LogP contribution is 2.48. The van der Waals surface area contributed by atoms with Gasteiger partial charge in [0.05, 0.1) is 38.5 Å². The molecule has 2 bridgehead atoms. The third-order valence-corrected chi connectivity index (χ3v) is 9.72. The van der Waals surface area contributed by atoms with Crippen molar-refractivity contribution in [2.24, 2.45) is 5.92 Å². The average molecular weight is 570 g/mol. The lowest BCUT2D eigenvalue weighted by Gasteiger charge is -2.31. The van der Waals surface area contributed by atoms with Gasteiger partial charge in [0.1, 0.15) is 11.5 Å². The molecule has 0 spiro atoms. The molecular formula is C28H25Cl2N3O4S. The van der Waals surface area contributed by atoms with Crippen molar-refractivity contribution in [2.45, 2.75) is 57.3 Å². The van der Waals surface area contributed by atoms with Crippen molar-refractivity contribution >= 4 is 55.9 Å². The Hall–Kier alpha value is -2.65. The summed E-state index contributed by atoms with van der Waals surface area (Å²) in [6.45, 7) is 3.21. The zero-order chi connectivity index (χ0) is 26.1. The number of piperidine rings is 1. The molecule has 1 aliphatic heterocycles. The summed E-state index contributed by atoms with van der Waals surface area (Å²) in [6.07, 6.45) is 4.31. The van der Waals surface area contributed by atoms with Crippen LogP contribution in [-0.4, -0.2) is 39.9 Å². The van der Waals surface area contributed by atoms with E-state index in [0.29, 0.717) is 51.4 Å². The van der Waals surface area contributed by atoms with Crippen LogP contribution in [0.2, 0.25) is 10.0 Å². The molecule has 196 valence electrons. The van der Waals surface area contributed by atoms with Gasteiger partial charge >= 0.3 is 5.97 Å². The lowest BCUT2D eigenvalue weighted by Crippen LogP contribution is -2.38. The Bertz CT molecular complexity index is 1560. The molecule has 1 saturated heterocycles. The molecule has 2 aromatic carbocycles. The van der Waals surface area contributed by atoms with Crippen LogP contribution in [-0.2, 0) is 11.3 Å². The third-order valence-electron chi connectivity index (χ3n) is 8.05. The number of carbonyl (C=O) groups is 1. The van der Waals surface area contributed by atoms with E-state index < -0.39 is 5.97 Å². The minimum Gasteiger partial charge on any atom is -0.478 e. The Morgan fingerprint density at radius 1 is 1.24 bits per heavy atom. The molecule has 4 aromatic rings. The molecule has 2 saturated carbocycles. The monoisotopic (exact) mass is 569 g/mol. The number of hydrogen-bond donors (Lipinski definition) is 1. The van der Waals surface area contributed by atoms with Gasteiger partial charge < -0.3 is 19.3 Å². The van der Waals surface area contributed by atoms with E-state index in [-0.39, 0.29) is 6.10 Å². The number of benzene rings is 2. The summed E-state index contributed by atoms with van der Waals surface area (Å²) in [4.78, 5) is 18.7. The van der Waals surface area contributed by atoms with Gasteiger partial charge in [0, 0.05) is 35.5 Å². The number of thiazole rings is 1. The quantitative estimate of drug-likeness (QED) is 0.249. The van der Waals surface area contributed by atoms with E-state index in [9.17, 15) is 9.90 Å². The minimum absolute atomic E-state index is 0.141. The highest BCUT2D eigenvalue weighted by atomic mass is 35.5. The van der Waals surface area contributed by atoms with E-state index in [2.05, 4.69) is 10.1 Å². The van der Waals surface area contributed by atoms with Crippen LogP contribution in [0.15, 0.2) is 34.9 Å². The molecule has 3 aliphatic rings. The number of fused-ring (bicyclic) bond motifs is 3. The van der Waals surface area contributed by atoms with E-state index in [1.807, 2.05) is 25.1 Å². The molecule has 0 unspecified atom stereocenters. The number of carboxylic acid groups (broad SMARTS) is 1. The third kappa shape index (κ3) is 4.09. The second-order valence-corrected chi connectivity index (χ2v) is 12.4. The normalized spacial score (nSPS) is 22.6. The standard InChI is InChI=1S/C28H25Cl2N3O4S/c1-13-7-15(27(34)35)9-22-24(13)31-28(38-22)33-11-16-8-17(33)10-21(16)36-12-18-25(32-37-26(18)14-5-6-14)23-19(29)3-2-4-20(23)30/h2-4,7,9,14,16-17,21H,5-6,8,10-12H2,1H3,(H,34,35)/t16-,17-,21+/m1/s1. The minimum atomic E-state index is -0.914. The maximum Gasteiger partial charge on any atom is 0.335 e. The number of carboxylic acids is 1. The molecule has 3 atom stereocenters. The predicted molar refractivity (Wildman–Crippen MR) is 148 cm³/mol. The average Bonchev–Trinajstić information content (AvgIpc) is 3.22. The van der Waals surface area contributed by atoms with Crippen LogP contribution < -0.4 is 4.90 Å². The molecule has 38 heavy (non-hydrogen) atoms. The summed E-state index contributed by atoms with van der Waals surface area (Å²) < 4.78 is 13.3. The first-order chi connectivity index (χ1) is 18.4. The summed E-state index contributed by atoms with van der Waals surface area (Å²) in [6, 6.07) is 9.23. The first-order valence-corrected chi connectivity index (χ1v) is 14.4. The van der Waals surface area contributed by atoms with Gasteiger partial charge in [0.25, 0.3) is 0 Å². The number of hydrogen-bond acceptors (Lipinski definition) is 7. The number of ether oxygens (including phenoxy) is 1. The number of nitrogens with zero attached hydrogens (tertiary/aromatic N) is 3. The first-order valence-electron chi connectivity index (χ1n) is 12.8. The number of halogens is 2. The Kier molecular flexibility index (Phi) is 5.92. The summed E-state index contributed by atoms with van der Waals surface area (Å²) >= 11 is 14.6. The Morgan fingerprint density at radius 3 is 2.71 bits per heavy atom. The SMILES string of the molecule is Cc1cc(C(=O)O)cc2sc(N3C[C@H]4C[C@@H]3C[C@@H]4OCc3c(-c4c(Cl)cccc4Cl)noc3C3CC3)nc12. The maximum absolute atomic E-state index is 11.5. The van der Waals surface area contributed by atoms with Crippen LogP contribution in [0.25, 0.3) is 21.5 Å². The molecule has 7 nitrogen and oxygen atoms in total. The van der Waals surface area contributed by atoms with Crippen molar-refractivity contribution in [1.82, 2.24) is 10.1 Å². The fourth-order valence-electron chi connectivity index (χ4n) is 6.01. The second kappa shape index (κ2) is 9.23. The van der Waals surface area contributed by atoms with Gasteiger partial charge in [0.2, 0.25) is 0 Å². The number of anilines is 1. The van der Waals surface area contributed by atoms with Gasteiger partial charge in [-0.3, -0.25) is 0 Å². The summed E-state index contributed by atoms with van der Waals surface area (Å²) in [5, 5.41) is 15.9. The molecule has 1 N–H and O–H groups in total. The van der Waals surface area contributed by atoms with Crippen molar-refractivity contribution in [3.8, 4) is 11.3 Å². The molecule has 2 aromatic heterocycles. The van der Waals surface area contributed by atoms with Gasteiger partial charge in [-0.15, -0.1) is 0 Å². The largest absolute Gasteiger partial charge is 0.478 e. The van der Waals surface area contributed by atoms with Gasteiger partial charge in [-0.05, 0) is 62.4 Å². The summed E-state index contributed by atoms with van der Waals surface area (Å²) in [7, 11) is 0. The number of rotatable bonds is 7. The fourth-order valence-corrected chi connectivity index (χ4v) is 7.75. The van der Waals surface area contributed by atoms with E-state index in [4.69, 9.17) is 37.4 Å². The smallest absolute Gasteiger partial charge is 0.335 e. The number of aromatic nitrogens is 2. The van der Waals surface area contributed by atoms with Gasteiger partial charge in [0.15, 0.2) is 5.13 Å². The van der Waals surface area contributed by atoms with Crippen LogP contribution in [0.1, 0.15) is 58.8 Å². The van der Waals surface area contributed by atoms with E-state index in [1.165, 1.54) is 0 Å². The second-order valence-electron chi connectivity index (χ2n) is 10.6. The van der Waals surface area contributed by atoms with Crippen molar-refractivity contribution < 1.29 is 19.2 Å². The molecule has 10 heteroatoms. The van der Waals surface area contributed by atoms with Crippen molar-refractivity contribution in [1.29, 1.82) is 0 Å². The van der Waals surface area contributed by atoms with E-state index >= 15 is 0 Å². The van der Waals surface area contributed by atoms with Gasteiger partial charge in [-0.25, -0.2) is 9.78 Å². The Labute approximate surface area is 233 Å². The van der Waals surface area contributed by atoms with Crippen LogP contribution in [0, 0.1) is 12.8 Å². The fraction of sp³-hybridized carbons (Fsp3) is 0.393. The molecule has 3 fully saturated rings. The molecule has 2 aliphatic carbocycles. The highest BCUT2D eigenvalue weighted by molar-refractivity contribution is 7.22. The number of aryl methyl sites for hydroxylation is 1. The van der Waals surface area contributed by atoms with E-state index in [1.54, 1.807) is 23.5 Å². The zero-order valence-corrected chi connectivity index (χ0v) is 22.9.